The van der Waals surface area contributed by atoms with Gasteiger partial charge in [-0.3, -0.25) is 9.52 Å². The van der Waals surface area contributed by atoms with Crippen molar-refractivity contribution in [3.8, 4) is 5.75 Å². The van der Waals surface area contributed by atoms with Crippen LogP contribution in [-0.2, 0) is 19.9 Å². The molecule has 0 heterocycles. The van der Waals surface area contributed by atoms with E-state index < -0.39 is 19.9 Å². The lowest BCUT2D eigenvalue weighted by atomic mass is 10.1. The van der Waals surface area contributed by atoms with Crippen molar-refractivity contribution >= 4 is 31.3 Å². The van der Waals surface area contributed by atoms with E-state index in [0.717, 1.165) is 12.3 Å². The lowest BCUT2D eigenvalue weighted by Gasteiger charge is -2.13. The predicted octanol–water partition coefficient (Wildman–Crippen LogP) is 2.10. The summed E-state index contributed by atoms with van der Waals surface area (Å²) in [7, 11) is -6.44. The Morgan fingerprint density at radius 3 is 2.28 bits per heavy atom. The third-order valence-corrected chi connectivity index (χ3v) is 5.89. The van der Waals surface area contributed by atoms with Crippen molar-refractivity contribution < 1.29 is 26.4 Å². The molecule has 134 valence electrons. The molecule has 0 saturated heterocycles. The largest absolute Gasteiger partial charge is 0.495 e. The van der Waals surface area contributed by atoms with Crippen LogP contribution in [0.1, 0.15) is 17.3 Å². The number of hydrogen-bond acceptors (Lipinski definition) is 6. The fourth-order valence-corrected chi connectivity index (χ4v) is 4.08. The van der Waals surface area contributed by atoms with Crippen LogP contribution in [0.15, 0.2) is 52.3 Å². The third kappa shape index (κ3) is 4.37. The van der Waals surface area contributed by atoms with Crippen LogP contribution in [0.4, 0.5) is 5.69 Å². The van der Waals surface area contributed by atoms with Crippen LogP contribution >= 0.6 is 0 Å². The lowest BCUT2D eigenvalue weighted by molar-refractivity contribution is 0.101. The van der Waals surface area contributed by atoms with Crippen molar-refractivity contribution in [1.29, 1.82) is 0 Å². The summed E-state index contributed by atoms with van der Waals surface area (Å²) in [6.45, 7) is 1.37. The number of ether oxygens (including phenoxy) is 1. The van der Waals surface area contributed by atoms with Gasteiger partial charge in [0.25, 0.3) is 10.0 Å². The van der Waals surface area contributed by atoms with Crippen LogP contribution in [0.3, 0.4) is 0 Å². The number of methoxy groups -OCH3 is 1. The quantitative estimate of drug-likeness (QED) is 0.766. The fourth-order valence-electron chi connectivity index (χ4n) is 2.11. The summed E-state index contributed by atoms with van der Waals surface area (Å²) in [5, 5.41) is 0. The van der Waals surface area contributed by atoms with E-state index in [4.69, 9.17) is 4.74 Å². The molecule has 0 bridgehead atoms. The summed E-state index contributed by atoms with van der Waals surface area (Å²) in [5.74, 6) is -0.208. The van der Waals surface area contributed by atoms with Crippen LogP contribution in [-0.4, -0.2) is 36.0 Å². The average Bonchev–Trinajstić information content (AvgIpc) is 2.53. The maximum Gasteiger partial charge on any atom is 0.265 e. The topological polar surface area (TPSA) is 107 Å². The first-order valence-corrected chi connectivity index (χ1v) is 10.4. The number of carbonyl (C=O) groups is 1. The number of Topliss-reactive ketones (excluding diaryl/α,β-unsaturated/α-hetero) is 1. The molecule has 1 N–H and O–H groups in total. The van der Waals surface area contributed by atoms with Gasteiger partial charge in [-0.05, 0) is 37.3 Å². The summed E-state index contributed by atoms with van der Waals surface area (Å²) < 4.78 is 56.1. The minimum Gasteiger partial charge on any atom is -0.495 e. The summed E-state index contributed by atoms with van der Waals surface area (Å²) in [6, 6.07) is 9.55. The van der Waals surface area contributed by atoms with E-state index in [1.54, 1.807) is 12.1 Å². The molecule has 0 aliphatic carbocycles. The van der Waals surface area contributed by atoms with Crippen molar-refractivity contribution in [3.05, 3.63) is 48.0 Å². The molecule has 0 atom stereocenters. The van der Waals surface area contributed by atoms with E-state index in [-0.39, 0.29) is 27.0 Å². The Morgan fingerprint density at radius 1 is 1.04 bits per heavy atom. The zero-order valence-corrected chi connectivity index (χ0v) is 15.4. The summed E-state index contributed by atoms with van der Waals surface area (Å²) >= 11 is 0. The summed E-state index contributed by atoms with van der Waals surface area (Å²) in [5.41, 5.74) is 0.525. The van der Waals surface area contributed by atoms with E-state index >= 15 is 0 Å². The highest BCUT2D eigenvalue weighted by Crippen LogP contribution is 2.28. The smallest absolute Gasteiger partial charge is 0.265 e. The van der Waals surface area contributed by atoms with E-state index in [1.165, 1.54) is 38.3 Å². The lowest BCUT2D eigenvalue weighted by Crippen LogP contribution is -2.15. The average molecular weight is 383 g/mol. The number of carbonyl (C=O) groups excluding carboxylic acids is 1. The van der Waals surface area contributed by atoms with E-state index in [9.17, 15) is 21.6 Å². The molecule has 0 unspecified atom stereocenters. The number of benzene rings is 2. The SMILES string of the molecule is COc1ccc(S(C)(=O)=O)cc1S(=O)(=O)Nc1cccc(C(C)=O)c1. The van der Waals surface area contributed by atoms with Gasteiger partial charge in [0.05, 0.1) is 12.0 Å². The van der Waals surface area contributed by atoms with Gasteiger partial charge in [-0.2, -0.15) is 0 Å². The van der Waals surface area contributed by atoms with Gasteiger partial charge in [0.1, 0.15) is 10.6 Å². The second-order valence-corrected chi connectivity index (χ2v) is 8.99. The van der Waals surface area contributed by atoms with Gasteiger partial charge in [0.2, 0.25) is 0 Å². The first-order chi connectivity index (χ1) is 11.5. The second-order valence-electron chi connectivity index (χ2n) is 5.33. The highest BCUT2D eigenvalue weighted by Gasteiger charge is 2.22. The van der Waals surface area contributed by atoms with Gasteiger partial charge in [0.15, 0.2) is 15.6 Å². The molecule has 2 aromatic carbocycles. The number of nitrogens with one attached hydrogen (secondary N) is 1. The maximum atomic E-state index is 12.7. The van der Waals surface area contributed by atoms with Crippen molar-refractivity contribution in [1.82, 2.24) is 0 Å². The van der Waals surface area contributed by atoms with Gasteiger partial charge in [-0.15, -0.1) is 0 Å². The highest BCUT2D eigenvalue weighted by molar-refractivity contribution is 7.93. The molecule has 0 amide bonds. The number of hydrogen-bond donors (Lipinski definition) is 1. The molecule has 25 heavy (non-hydrogen) atoms. The second kappa shape index (κ2) is 6.85. The molecule has 9 heteroatoms. The molecule has 7 nitrogen and oxygen atoms in total. The molecule has 0 aromatic heterocycles. The van der Waals surface area contributed by atoms with Crippen molar-refractivity contribution in [2.45, 2.75) is 16.7 Å². The van der Waals surface area contributed by atoms with Crippen LogP contribution in [0.25, 0.3) is 0 Å². The Morgan fingerprint density at radius 2 is 1.72 bits per heavy atom. The summed E-state index contributed by atoms with van der Waals surface area (Å²) in [4.78, 5) is 11.0. The van der Waals surface area contributed by atoms with Gasteiger partial charge in [0, 0.05) is 17.5 Å². The Bertz CT molecular complexity index is 1030. The van der Waals surface area contributed by atoms with Crippen LogP contribution in [0, 0.1) is 0 Å². The normalized spacial score (nSPS) is 11.8. The number of ketones is 1. The summed E-state index contributed by atoms with van der Waals surface area (Å²) in [6.07, 6.45) is 0.981. The van der Waals surface area contributed by atoms with Crippen LogP contribution in [0.5, 0.6) is 5.75 Å². The minimum atomic E-state index is -4.13. The van der Waals surface area contributed by atoms with Crippen molar-refractivity contribution in [2.75, 3.05) is 18.1 Å². The number of sulfone groups is 1. The Balaban J connectivity index is 2.52. The number of anilines is 1. The Kier molecular flexibility index (Phi) is 5.19. The van der Waals surface area contributed by atoms with Gasteiger partial charge < -0.3 is 4.74 Å². The van der Waals surface area contributed by atoms with E-state index in [2.05, 4.69) is 4.72 Å². The first kappa shape index (κ1) is 18.9. The number of rotatable bonds is 6. The molecular formula is C16H17NO6S2. The molecule has 2 rings (SSSR count). The molecule has 0 radical (unpaired) electrons. The monoisotopic (exact) mass is 383 g/mol. The third-order valence-electron chi connectivity index (χ3n) is 3.37. The van der Waals surface area contributed by atoms with Gasteiger partial charge in [-0.25, -0.2) is 16.8 Å². The van der Waals surface area contributed by atoms with E-state index in [1.807, 2.05) is 0 Å². The molecule has 0 aliphatic rings. The molecule has 0 aliphatic heterocycles. The standard InChI is InChI=1S/C16H17NO6S2/c1-11(18)12-5-4-6-13(9-12)17-25(21,22)16-10-14(24(3,19)20)7-8-15(16)23-2/h4-10,17H,1-3H3. The van der Waals surface area contributed by atoms with Gasteiger partial charge >= 0.3 is 0 Å². The molecule has 0 spiro atoms. The molecule has 0 saturated carbocycles. The maximum absolute atomic E-state index is 12.7. The molecule has 0 fully saturated rings. The molecular weight excluding hydrogens is 366 g/mol. The van der Waals surface area contributed by atoms with Crippen molar-refractivity contribution in [3.63, 3.8) is 0 Å². The minimum absolute atomic E-state index is 0.00243. The van der Waals surface area contributed by atoms with Crippen LogP contribution in [0.2, 0.25) is 0 Å². The number of sulfonamides is 1. The fraction of sp³-hybridized carbons (Fsp3) is 0.188. The predicted molar refractivity (Wildman–Crippen MR) is 93.4 cm³/mol. The highest BCUT2D eigenvalue weighted by atomic mass is 32.2. The molecule has 2 aromatic rings. The van der Waals surface area contributed by atoms with Crippen molar-refractivity contribution in [2.24, 2.45) is 0 Å². The van der Waals surface area contributed by atoms with E-state index in [0.29, 0.717) is 5.56 Å². The first-order valence-electron chi connectivity index (χ1n) is 7.06. The van der Waals surface area contributed by atoms with Crippen LogP contribution < -0.4 is 9.46 Å². The zero-order valence-electron chi connectivity index (χ0n) is 13.8. The zero-order chi connectivity index (χ0) is 18.8. The Hall–Kier alpha value is -2.39. The van der Waals surface area contributed by atoms with Gasteiger partial charge in [-0.1, -0.05) is 12.1 Å². The Labute approximate surface area is 146 Å².